The molecule has 0 rings (SSSR count). The summed E-state index contributed by atoms with van der Waals surface area (Å²) >= 11 is 0. The molecule has 3 heteroatoms. The third-order valence-corrected chi connectivity index (χ3v) is 0.818. The van der Waals surface area contributed by atoms with E-state index in [9.17, 15) is 13.2 Å². The molecule has 0 N–H and O–H groups in total. The molecule has 0 aromatic carbocycles. The monoisotopic (exact) mass is 126 g/mol. The van der Waals surface area contributed by atoms with Gasteiger partial charge in [-0.3, -0.25) is 4.39 Å². The second-order valence-electron chi connectivity index (χ2n) is 1.58. The van der Waals surface area contributed by atoms with Crippen molar-refractivity contribution in [3.63, 3.8) is 0 Å². The van der Waals surface area contributed by atoms with Crippen molar-refractivity contribution in [1.29, 1.82) is 0 Å². The van der Waals surface area contributed by atoms with Crippen LogP contribution in [0.1, 0.15) is 12.8 Å². The summed E-state index contributed by atoms with van der Waals surface area (Å²) < 4.78 is 34.2. The standard InChI is InChI=1S/C5H9F3/c6-3-1-2-5(8)4-7/h5H,1-4H2. The van der Waals surface area contributed by atoms with Gasteiger partial charge in [-0.15, -0.1) is 0 Å². The molecule has 8 heavy (non-hydrogen) atoms. The average Bonchev–Trinajstić information content (AvgIpc) is 1.83. The molecule has 0 amide bonds. The highest BCUT2D eigenvalue weighted by atomic mass is 19.2. The van der Waals surface area contributed by atoms with Crippen LogP contribution in [0, 0.1) is 0 Å². The number of hydrogen-bond donors (Lipinski definition) is 0. The van der Waals surface area contributed by atoms with Gasteiger partial charge in [0, 0.05) is 0 Å². The van der Waals surface area contributed by atoms with Gasteiger partial charge in [-0.25, -0.2) is 8.78 Å². The molecule has 0 fully saturated rings. The topological polar surface area (TPSA) is 0 Å². The predicted octanol–water partition coefficient (Wildman–Crippen LogP) is 2.04. The summed E-state index contributed by atoms with van der Waals surface area (Å²) in [7, 11) is 0. The van der Waals surface area contributed by atoms with Crippen LogP contribution in [0.15, 0.2) is 0 Å². The van der Waals surface area contributed by atoms with Crippen LogP contribution >= 0.6 is 0 Å². The largest absolute Gasteiger partial charge is 0.251 e. The highest BCUT2D eigenvalue weighted by Gasteiger charge is 2.02. The van der Waals surface area contributed by atoms with Gasteiger partial charge in [-0.05, 0) is 12.8 Å². The van der Waals surface area contributed by atoms with Crippen LogP contribution in [-0.4, -0.2) is 19.5 Å². The highest BCUT2D eigenvalue weighted by Crippen LogP contribution is 2.01. The van der Waals surface area contributed by atoms with Gasteiger partial charge in [-0.1, -0.05) is 0 Å². The van der Waals surface area contributed by atoms with Crippen molar-refractivity contribution < 1.29 is 13.2 Å². The lowest BCUT2D eigenvalue weighted by molar-refractivity contribution is 0.237. The number of hydrogen-bond acceptors (Lipinski definition) is 0. The molecule has 1 unspecified atom stereocenters. The van der Waals surface area contributed by atoms with E-state index in [0.717, 1.165) is 0 Å². The van der Waals surface area contributed by atoms with Crippen LogP contribution in [-0.2, 0) is 0 Å². The lowest BCUT2D eigenvalue weighted by Crippen LogP contribution is -2.01. The zero-order valence-corrected chi connectivity index (χ0v) is 4.54. The van der Waals surface area contributed by atoms with Gasteiger partial charge >= 0.3 is 0 Å². The maximum Gasteiger partial charge on any atom is 0.128 e. The third kappa shape index (κ3) is 3.96. The Balaban J connectivity index is 2.86. The SMILES string of the molecule is FCCCC(F)CF. The van der Waals surface area contributed by atoms with E-state index in [0.29, 0.717) is 0 Å². The van der Waals surface area contributed by atoms with Gasteiger partial charge in [0.05, 0.1) is 6.67 Å². The zero-order chi connectivity index (χ0) is 6.41. The molecular formula is C5H9F3. The fraction of sp³-hybridized carbons (Fsp3) is 1.00. The van der Waals surface area contributed by atoms with Crippen LogP contribution in [0.25, 0.3) is 0 Å². The first-order chi connectivity index (χ1) is 3.81. The summed E-state index contributed by atoms with van der Waals surface area (Å²) in [6.45, 7) is -1.54. The number of alkyl halides is 3. The number of rotatable bonds is 4. The second kappa shape index (κ2) is 4.94. The molecule has 0 heterocycles. The second-order valence-corrected chi connectivity index (χ2v) is 1.58. The minimum atomic E-state index is -1.45. The smallest absolute Gasteiger partial charge is 0.128 e. The van der Waals surface area contributed by atoms with Crippen molar-refractivity contribution in [2.45, 2.75) is 19.0 Å². The van der Waals surface area contributed by atoms with E-state index in [1.807, 2.05) is 0 Å². The Kier molecular flexibility index (Phi) is 4.81. The van der Waals surface area contributed by atoms with Crippen LogP contribution in [0.4, 0.5) is 13.2 Å². The van der Waals surface area contributed by atoms with Crippen molar-refractivity contribution >= 4 is 0 Å². The molecular weight excluding hydrogens is 117 g/mol. The van der Waals surface area contributed by atoms with E-state index in [-0.39, 0.29) is 12.8 Å². The maximum atomic E-state index is 11.8. The zero-order valence-electron chi connectivity index (χ0n) is 4.54. The van der Waals surface area contributed by atoms with Crippen LogP contribution in [0.2, 0.25) is 0 Å². The van der Waals surface area contributed by atoms with Gasteiger partial charge in [0.2, 0.25) is 0 Å². The fourth-order valence-electron chi connectivity index (χ4n) is 0.376. The van der Waals surface area contributed by atoms with E-state index >= 15 is 0 Å². The molecule has 0 radical (unpaired) electrons. The molecule has 0 aliphatic heterocycles. The van der Waals surface area contributed by atoms with Gasteiger partial charge in [0.15, 0.2) is 0 Å². The molecule has 0 bridgehead atoms. The first-order valence-corrected chi connectivity index (χ1v) is 2.57. The Hall–Kier alpha value is -0.210. The summed E-state index contributed by atoms with van der Waals surface area (Å²) in [5.74, 6) is 0. The minimum Gasteiger partial charge on any atom is -0.251 e. The van der Waals surface area contributed by atoms with Gasteiger partial charge in [0.25, 0.3) is 0 Å². The Bertz CT molecular complexity index is 46.9. The lowest BCUT2D eigenvalue weighted by atomic mass is 10.2. The van der Waals surface area contributed by atoms with Gasteiger partial charge < -0.3 is 0 Å². The Morgan fingerprint density at radius 1 is 1.25 bits per heavy atom. The molecule has 0 aliphatic carbocycles. The molecule has 50 valence electrons. The quantitative estimate of drug-likeness (QED) is 0.540. The number of halogens is 3. The van der Waals surface area contributed by atoms with E-state index < -0.39 is 19.5 Å². The van der Waals surface area contributed by atoms with E-state index in [2.05, 4.69) is 0 Å². The fourth-order valence-corrected chi connectivity index (χ4v) is 0.376. The molecule has 0 nitrogen and oxygen atoms in total. The Morgan fingerprint density at radius 2 is 1.88 bits per heavy atom. The molecule has 1 atom stereocenters. The summed E-state index contributed by atoms with van der Waals surface area (Å²) in [6, 6.07) is 0. The summed E-state index contributed by atoms with van der Waals surface area (Å²) in [5, 5.41) is 0. The van der Waals surface area contributed by atoms with E-state index in [4.69, 9.17) is 0 Å². The first kappa shape index (κ1) is 7.79. The van der Waals surface area contributed by atoms with Crippen LogP contribution in [0.5, 0.6) is 0 Å². The lowest BCUT2D eigenvalue weighted by Gasteiger charge is -1.97. The Morgan fingerprint density at radius 3 is 2.25 bits per heavy atom. The third-order valence-electron chi connectivity index (χ3n) is 0.818. The van der Waals surface area contributed by atoms with Crippen molar-refractivity contribution in [3.8, 4) is 0 Å². The normalized spacial score (nSPS) is 13.9. The van der Waals surface area contributed by atoms with Crippen molar-refractivity contribution in [3.05, 3.63) is 0 Å². The molecule has 0 aliphatic rings. The van der Waals surface area contributed by atoms with Gasteiger partial charge in [-0.2, -0.15) is 0 Å². The van der Waals surface area contributed by atoms with E-state index in [1.54, 1.807) is 0 Å². The molecule has 0 aromatic heterocycles. The molecule has 0 saturated carbocycles. The summed E-state index contributed by atoms with van der Waals surface area (Å²) in [4.78, 5) is 0. The molecule has 0 aromatic rings. The summed E-state index contributed by atoms with van der Waals surface area (Å²) in [6.07, 6.45) is -1.32. The first-order valence-electron chi connectivity index (χ1n) is 2.57. The Labute approximate surface area is 46.7 Å². The van der Waals surface area contributed by atoms with Crippen molar-refractivity contribution in [2.24, 2.45) is 0 Å². The molecule has 0 spiro atoms. The van der Waals surface area contributed by atoms with Crippen LogP contribution < -0.4 is 0 Å². The maximum absolute atomic E-state index is 11.8. The van der Waals surface area contributed by atoms with Crippen molar-refractivity contribution in [1.82, 2.24) is 0 Å². The minimum absolute atomic E-state index is 0.00694. The summed E-state index contributed by atoms with van der Waals surface area (Å²) in [5.41, 5.74) is 0. The highest BCUT2D eigenvalue weighted by molar-refractivity contribution is 4.51. The average molecular weight is 126 g/mol. The van der Waals surface area contributed by atoms with E-state index in [1.165, 1.54) is 0 Å². The molecule has 0 saturated heterocycles. The predicted molar refractivity (Wildman–Crippen MR) is 26.1 cm³/mol. The van der Waals surface area contributed by atoms with Gasteiger partial charge in [0.1, 0.15) is 12.8 Å². The van der Waals surface area contributed by atoms with Crippen molar-refractivity contribution in [2.75, 3.05) is 13.3 Å². The van der Waals surface area contributed by atoms with Crippen LogP contribution in [0.3, 0.4) is 0 Å².